The van der Waals surface area contributed by atoms with Crippen molar-refractivity contribution in [2.45, 2.75) is 26.2 Å². The summed E-state index contributed by atoms with van der Waals surface area (Å²) in [4.78, 5) is 10.4. The smallest absolute Gasteiger partial charge is 0.303 e. The van der Waals surface area contributed by atoms with Crippen LogP contribution >= 0.6 is 15.9 Å². The molecule has 2 N–H and O–H groups in total. The van der Waals surface area contributed by atoms with Gasteiger partial charge in [-0.25, -0.2) is 0 Å². The largest absolute Gasteiger partial charge is 0.506 e. The Hall–Kier alpha value is -1.03. The molecule has 0 spiro atoms. The molecule has 0 amide bonds. The minimum Gasteiger partial charge on any atom is -0.506 e. The van der Waals surface area contributed by atoms with Gasteiger partial charge in [-0.3, -0.25) is 4.79 Å². The first-order valence-corrected chi connectivity index (χ1v) is 5.56. The van der Waals surface area contributed by atoms with Crippen molar-refractivity contribution in [3.8, 4) is 5.75 Å². The number of phenolic OH excluding ortho intramolecular Hbond substituents is 1. The maximum Gasteiger partial charge on any atom is 0.303 e. The molecule has 0 aliphatic rings. The Bertz CT molecular complexity index is 374. The topological polar surface area (TPSA) is 57.5 Å². The minimum absolute atomic E-state index is 0.0349. The van der Waals surface area contributed by atoms with E-state index in [9.17, 15) is 9.90 Å². The van der Waals surface area contributed by atoms with Crippen molar-refractivity contribution in [2.75, 3.05) is 0 Å². The molecular weight excluding hydrogens is 260 g/mol. The van der Waals surface area contributed by atoms with Crippen molar-refractivity contribution in [2.24, 2.45) is 0 Å². The van der Waals surface area contributed by atoms with E-state index in [1.807, 2.05) is 19.1 Å². The Morgan fingerprint density at radius 1 is 1.47 bits per heavy atom. The average molecular weight is 273 g/mol. The second-order valence-corrected chi connectivity index (χ2v) is 4.19. The Morgan fingerprint density at radius 3 is 2.67 bits per heavy atom. The molecule has 1 aromatic rings. The molecule has 82 valence electrons. The third-order valence-electron chi connectivity index (χ3n) is 2.22. The first-order valence-electron chi connectivity index (χ1n) is 4.76. The van der Waals surface area contributed by atoms with Crippen molar-refractivity contribution < 1.29 is 15.0 Å². The second-order valence-electron chi connectivity index (χ2n) is 3.33. The fourth-order valence-corrected chi connectivity index (χ4v) is 1.90. The first kappa shape index (κ1) is 12.0. The second kappa shape index (κ2) is 5.16. The molecule has 0 unspecified atom stereocenters. The number of benzene rings is 1. The summed E-state index contributed by atoms with van der Waals surface area (Å²) in [5.74, 6) is -0.708. The molecule has 0 saturated heterocycles. The van der Waals surface area contributed by atoms with Crippen LogP contribution in [0.5, 0.6) is 5.75 Å². The van der Waals surface area contributed by atoms with Crippen LogP contribution in [0.15, 0.2) is 16.6 Å². The summed E-state index contributed by atoms with van der Waals surface area (Å²) in [6.45, 7) is 2.01. The van der Waals surface area contributed by atoms with Crippen molar-refractivity contribution in [1.82, 2.24) is 0 Å². The third-order valence-corrected chi connectivity index (χ3v) is 2.82. The number of hydrogen-bond donors (Lipinski definition) is 2. The van der Waals surface area contributed by atoms with Gasteiger partial charge in [-0.15, -0.1) is 0 Å². The number of phenols is 1. The highest BCUT2D eigenvalue weighted by molar-refractivity contribution is 9.10. The van der Waals surface area contributed by atoms with Crippen molar-refractivity contribution in [3.05, 3.63) is 27.7 Å². The lowest BCUT2D eigenvalue weighted by molar-refractivity contribution is -0.136. The van der Waals surface area contributed by atoms with Crippen LogP contribution in [0, 0.1) is 0 Å². The summed E-state index contributed by atoms with van der Waals surface area (Å²) in [6, 6.07) is 3.70. The predicted octanol–water partition coefficient (Wildman–Crippen LogP) is 2.73. The summed E-state index contributed by atoms with van der Waals surface area (Å²) in [7, 11) is 0. The van der Waals surface area contributed by atoms with Crippen molar-refractivity contribution >= 4 is 21.9 Å². The lowest BCUT2D eigenvalue weighted by Crippen LogP contribution is -1.98. The van der Waals surface area contributed by atoms with Gasteiger partial charge >= 0.3 is 5.97 Å². The number of carbonyl (C=O) groups is 1. The van der Waals surface area contributed by atoms with Crippen LogP contribution in [-0.2, 0) is 17.6 Å². The molecule has 0 radical (unpaired) electrons. The van der Waals surface area contributed by atoms with Gasteiger partial charge in [0.1, 0.15) is 5.75 Å². The highest BCUT2D eigenvalue weighted by Gasteiger charge is 2.09. The van der Waals surface area contributed by atoms with Gasteiger partial charge in [-0.2, -0.15) is 0 Å². The Labute approximate surface area is 96.9 Å². The standard InChI is InChI=1S/C11H13BrO3/c1-2-7-5-8(3-4-10(13)14)11(15)9(12)6-7/h5-6,15H,2-4H2,1H3,(H,13,14). The lowest BCUT2D eigenvalue weighted by Gasteiger charge is -2.07. The van der Waals surface area contributed by atoms with Crippen LogP contribution in [-0.4, -0.2) is 16.2 Å². The summed E-state index contributed by atoms with van der Waals surface area (Å²) in [6.07, 6.45) is 1.25. The zero-order chi connectivity index (χ0) is 11.4. The SMILES string of the molecule is CCc1cc(Br)c(O)c(CCC(=O)O)c1. The van der Waals surface area contributed by atoms with Gasteiger partial charge in [0.2, 0.25) is 0 Å². The number of rotatable bonds is 4. The number of halogens is 1. The number of aliphatic carboxylic acids is 1. The van der Waals surface area contributed by atoms with Gasteiger partial charge in [-0.05, 0) is 46.0 Å². The molecular formula is C11H13BrO3. The summed E-state index contributed by atoms with van der Waals surface area (Å²) in [5.41, 5.74) is 1.77. The summed E-state index contributed by atoms with van der Waals surface area (Å²) < 4.78 is 0.627. The van der Waals surface area contributed by atoms with Crippen LogP contribution in [0.1, 0.15) is 24.5 Å². The number of aryl methyl sites for hydroxylation is 2. The zero-order valence-electron chi connectivity index (χ0n) is 8.46. The normalized spacial score (nSPS) is 10.3. The molecule has 0 atom stereocenters. The molecule has 4 heteroatoms. The highest BCUT2D eigenvalue weighted by atomic mass is 79.9. The molecule has 3 nitrogen and oxygen atoms in total. The molecule has 1 aromatic carbocycles. The molecule has 1 rings (SSSR count). The zero-order valence-corrected chi connectivity index (χ0v) is 10.0. The lowest BCUT2D eigenvalue weighted by atomic mass is 10.0. The van der Waals surface area contributed by atoms with E-state index in [1.54, 1.807) is 0 Å². The van der Waals surface area contributed by atoms with Gasteiger partial charge in [-0.1, -0.05) is 13.0 Å². The van der Waals surface area contributed by atoms with E-state index in [-0.39, 0.29) is 12.2 Å². The van der Waals surface area contributed by atoms with Crippen LogP contribution in [0.4, 0.5) is 0 Å². The van der Waals surface area contributed by atoms with Gasteiger partial charge in [0, 0.05) is 6.42 Å². The van der Waals surface area contributed by atoms with Crippen molar-refractivity contribution in [1.29, 1.82) is 0 Å². The summed E-state index contributed by atoms with van der Waals surface area (Å²) in [5, 5.41) is 18.3. The van der Waals surface area contributed by atoms with E-state index in [4.69, 9.17) is 5.11 Å². The molecule has 15 heavy (non-hydrogen) atoms. The van der Waals surface area contributed by atoms with E-state index in [0.717, 1.165) is 12.0 Å². The average Bonchev–Trinajstić information content (AvgIpc) is 2.19. The van der Waals surface area contributed by atoms with E-state index in [1.165, 1.54) is 0 Å². The molecule has 0 saturated carbocycles. The maximum absolute atomic E-state index is 10.4. The fourth-order valence-electron chi connectivity index (χ4n) is 1.35. The highest BCUT2D eigenvalue weighted by Crippen LogP contribution is 2.30. The van der Waals surface area contributed by atoms with Gasteiger partial charge in [0.15, 0.2) is 0 Å². The van der Waals surface area contributed by atoms with E-state index < -0.39 is 5.97 Å². The Morgan fingerprint density at radius 2 is 2.13 bits per heavy atom. The first-order chi connectivity index (χ1) is 7.04. The van der Waals surface area contributed by atoms with Crippen LogP contribution in [0.2, 0.25) is 0 Å². The van der Waals surface area contributed by atoms with Gasteiger partial charge < -0.3 is 10.2 Å². The van der Waals surface area contributed by atoms with Gasteiger partial charge in [0.05, 0.1) is 4.47 Å². The molecule has 0 aromatic heterocycles. The molecule has 0 bridgehead atoms. The van der Waals surface area contributed by atoms with Crippen molar-refractivity contribution in [3.63, 3.8) is 0 Å². The molecule has 0 aliphatic carbocycles. The number of carboxylic acids is 1. The molecule has 0 aliphatic heterocycles. The minimum atomic E-state index is -0.854. The van der Waals surface area contributed by atoms with Crippen LogP contribution in [0.25, 0.3) is 0 Å². The molecule has 0 fully saturated rings. The third kappa shape index (κ3) is 3.23. The number of aromatic hydroxyl groups is 1. The molecule has 0 heterocycles. The number of carboxylic acid groups (broad SMARTS) is 1. The van der Waals surface area contributed by atoms with Gasteiger partial charge in [0.25, 0.3) is 0 Å². The number of hydrogen-bond acceptors (Lipinski definition) is 2. The Kier molecular flexibility index (Phi) is 4.15. The maximum atomic E-state index is 10.4. The van der Waals surface area contributed by atoms with E-state index in [0.29, 0.717) is 16.5 Å². The Balaban J connectivity index is 2.94. The van der Waals surface area contributed by atoms with Crippen LogP contribution < -0.4 is 0 Å². The predicted molar refractivity (Wildman–Crippen MR) is 61.1 cm³/mol. The fraction of sp³-hybridized carbons (Fsp3) is 0.364. The van der Waals surface area contributed by atoms with Crippen LogP contribution in [0.3, 0.4) is 0 Å². The van der Waals surface area contributed by atoms with E-state index >= 15 is 0 Å². The summed E-state index contributed by atoms with van der Waals surface area (Å²) >= 11 is 3.25. The van der Waals surface area contributed by atoms with E-state index in [2.05, 4.69) is 15.9 Å². The monoisotopic (exact) mass is 272 g/mol. The quantitative estimate of drug-likeness (QED) is 0.886.